The van der Waals surface area contributed by atoms with Crippen LogP contribution in [0.15, 0.2) is 36.5 Å². The maximum Gasteiger partial charge on any atom is 0.358 e. The highest BCUT2D eigenvalue weighted by Crippen LogP contribution is 2.22. The smallest absolute Gasteiger partial charge is 0.358 e. The van der Waals surface area contributed by atoms with E-state index in [4.69, 9.17) is 16.3 Å². The minimum Gasteiger partial charge on any atom is -0.461 e. The molecule has 2 aromatic rings. The van der Waals surface area contributed by atoms with E-state index in [0.717, 1.165) is 5.56 Å². The summed E-state index contributed by atoms with van der Waals surface area (Å²) < 4.78 is 6.41. The van der Waals surface area contributed by atoms with E-state index in [2.05, 4.69) is 5.10 Å². The van der Waals surface area contributed by atoms with E-state index in [0.29, 0.717) is 10.7 Å². The molecule has 0 bridgehead atoms. The fourth-order valence-corrected chi connectivity index (χ4v) is 2.32. The van der Waals surface area contributed by atoms with Crippen molar-refractivity contribution in [1.82, 2.24) is 14.7 Å². The second-order valence-electron chi connectivity index (χ2n) is 5.62. The highest BCUT2D eigenvalue weighted by molar-refractivity contribution is 6.30. The van der Waals surface area contributed by atoms with Crippen LogP contribution in [0.25, 0.3) is 5.69 Å². The summed E-state index contributed by atoms with van der Waals surface area (Å²) in [6.45, 7) is 3.81. The Hall–Kier alpha value is -2.60. The van der Waals surface area contributed by atoms with Crippen LogP contribution >= 0.6 is 11.6 Å². The quantitative estimate of drug-likeness (QED) is 0.449. The van der Waals surface area contributed by atoms with Crippen LogP contribution in [0, 0.1) is 6.92 Å². The van der Waals surface area contributed by atoms with E-state index >= 15 is 0 Å². The highest BCUT2D eigenvalue weighted by Gasteiger charge is 2.20. The van der Waals surface area contributed by atoms with Crippen LogP contribution in [-0.2, 0) is 4.74 Å². The first-order valence-electron chi connectivity index (χ1n) is 7.76. The van der Waals surface area contributed by atoms with Crippen molar-refractivity contribution in [3.63, 3.8) is 0 Å². The van der Waals surface area contributed by atoms with E-state index < -0.39 is 5.97 Å². The molecule has 0 unspecified atom stereocenters. The topological polar surface area (TPSA) is 64.4 Å². The van der Waals surface area contributed by atoms with Crippen LogP contribution in [0.3, 0.4) is 0 Å². The van der Waals surface area contributed by atoms with Gasteiger partial charge in [0.15, 0.2) is 5.69 Å². The lowest BCUT2D eigenvalue weighted by Gasteiger charge is -2.09. The van der Waals surface area contributed by atoms with Gasteiger partial charge in [-0.15, -0.1) is 0 Å². The van der Waals surface area contributed by atoms with Crippen LogP contribution in [0.4, 0.5) is 0 Å². The van der Waals surface area contributed by atoms with Gasteiger partial charge in [-0.1, -0.05) is 17.7 Å². The molecule has 0 amide bonds. The average Bonchev–Trinajstić information content (AvgIpc) is 3.00. The van der Waals surface area contributed by atoms with Gasteiger partial charge in [-0.2, -0.15) is 5.10 Å². The first-order valence-corrected chi connectivity index (χ1v) is 8.14. The molecule has 0 N–H and O–H groups in total. The number of hydrogen-bond acceptors (Lipinski definition) is 5. The maximum atomic E-state index is 12.6. The van der Waals surface area contributed by atoms with Crippen LogP contribution in [-0.4, -0.2) is 47.1 Å². The Kier molecular flexibility index (Phi) is 5.98. The molecule has 1 aromatic carbocycles. The number of nitrogens with zero attached hydrogens (tertiary/aromatic N) is 3. The number of esters is 1. The van der Waals surface area contributed by atoms with Gasteiger partial charge in [0, 0.05) is 37.5 Å². The number of ether oxygens (including phenoxy) is 1. The summed E-state index contributed by atoms with van der Waals surface area (Å²) in [4.78, 5) is 26.3. The summed E-state index contributed by atoms with van der Waals surface area (Å²) in [6, 6.07) is 6.71. The van der Waals surface area contributed by atoms with Crippen molar-refractivity contribution in [3.05, 3.63) is 58.5 Å². The highest BCUT2D eigenvalue weighted by atomic mass is 35.5. The van der Waals surface area contributed by atoms with Crippen LogP contribution in [0.5, 0.6) is 0 Å². The summed E-state index contributed by atoms with van der Waals surface area (Å²) in [7, 11) is 3.62. The lowest BCUT2D eigenvalue weighted by molar-refractivity contribution is 0.0519. The summed E-state index contributed by atoms with van der Waals surface area (Å²) in [6.07, 6.45) is 3.05. The molecule has 25 heavy (non-hydrogen) atoms. The zero-order valence-electron chi connectivity index (χ0n) is 14.6. The second kappa shape index (κ2) is 7.98. The minimum atomic E-state index is -0.577. The van der Waals surface area contributed by atoms with Gasteiger partial charge < -0.3 is 9.64 Å². The molecule has 6 nitrogen and oxygen atoms in total. The Bertz CT molecular complexity index is 825. The van der Waals surface area contributed by atoms with Gasteiger partial charge >= 0.3 is 5.97 Å². The molecule has 1 heterocycles. The number of aromatic nitrogens is 2. The van der Waals surface area contributed by atoms with Gasteiger partial charge in [0.25, 0.3) is 0 Å². The molecule has 0 spiro atoms. The van der Waals surface area contributed by atoms with Gasteiger partial charge in [-0.3, -0.25) is 4.79 Å². The number of carbonyl (C=O) groups is 2. The molecule has 0 fully saturated rings. The number of halogens is 1. The molecule has 0 saturated heterocycles. The summed E-state index contributed by atoms with van der Waals surface area (Å²) in [5.41, 5.74) is 1.83. The standard InChI is InChI=1S/C18H20ClN3O3/c1-5-25-18(24)14-11-16(17(23)8-9-21(3)4)22(20-14)15-10-13(19)7-6-12(15)2/h6-11H,5H2,1-4H3. The molecule has 0 atom stereocenters. The van der Waals surface area contributed by atoms with Gasteiger partial charge in [0.05, 0.1) is 12.3 Å². The fraction of sp³-hybridized carbons (Fsp3) is 0.278. The fourth-order valence-electron chi connectivity index (χ4n) is 2.16. The third-order valence-corrected chi connectivity index (χ3v) is 3.60. The molecule has 132 valence electrons. The van der Waals surface area contributed by atoms with Crippen molar-refractivity contribution < 1.29 is 14.3 Å². The van der Waals surface area contributed by atoms with E-state index in [1.807, 2.05) is 27.1 Å². The third-order valence-electron chi connectivity index (χ3n) is 3.37. The average molecular weight is 362 g/mol. The molecule has 0 aliphatic carbocycles. The van der Waals surface area contributed by atoms with Gasteiger partial charge in [-0.05, 0) is 31.5 Å². The van der Waals surface area contributed by atoms with E-state index in [1.165, 1.54) is 16.8 Å². The predicted molar refractivity (Wildman–Crippen MR) is 96.4 cm³/mol. The minimum absolute atomic E-state index is 0.0721. The number of carbonyl (C=O) groups excluding carboxylic acids is 2. The molecule has 0 aliphatic rings. The molecule has 0 radical (unpaired) electrons. The second-order valence-corrected chi connectivity index (χ2v) is 6.06. The van der Waals surface area contributed by atoms with Crippen molar-refractivity contribution in [1.29, 1.82) is 0 Å². The van der Waals surface area contributed by atoms with Gasteiger partial charge in [-0.25, -0.2) is 9.48 Å². The number of rotatable bonds is 6. The van der Waals surface area contributed by atoms with Crippen molar-refractivity contribution >= 4 is 23.4 Å². The molecule has 1 aromatic heterocycles. The first kappa shape index (κ1) is 18.7. The van der Waals surface area contributed by atoms with Gasteiger partial charge in [0.2, 0.25) is 5.78 Å². The first-order chi connectivity index (χ1) is 11.8. The summed E-state index contributed by atoms with van der Waals surface area (Å²) in [5.74, 6) is -0.859. The van der Waals surface area contributed by atoms with Crippen LogP contribution in [0.2, 0.25) is 5.02 Å². The lowest BCUT2D eigenvalue weighted by atomic mass is 10.2. The van der Waals surface area contributed by atoms with Crippen molar-refractivity contribution in [2.24, 2.45) is 0 Å². The maximum absolute atomic E-state index is 12.6. The molecule has 0 aliphatic heterocycles. The normalized spacial score (nSPS) is 10.9. The van der Waals surface area contributed by atoms with Crippen molar-refractivity contribution in [2.45, 2.75) is 13.8 Å². The summed E-state index contributed by atoms with van der Waals surface area (Å²) >= 11 is 6.08. The predicted octanol–water partition coefficient (Wildman–Crippen LogP) is 3.27. The number of ketones is 1. The van der Waals surface area contributed by atoms with Crippen molar-refractivity contribution in [3.8, 4) is 5.69 Å². The Labute approximate surface area is 151 Å². The Morgan fingerprint density at radius 2 is 2.04 bits per heavy atom. The number of allylic oxidation sites excluding steroid dienone is 1. The summed E-state index contributed by atoms with van der Waals surface area (Å²) in [5, 5.41) is 4.77. The Morgan fingerprint density at radius 1 is 1.32 bits per heavy atom. The van der Waals surface area contributed by atoms with Crippen LogP contribution < -0.4 is 0 Å². The molecular formula is C18H20ClN3O3. The van der Waals surface area contributed by atoms with E-state index in [-0.39, 0.29) is 23.8 Å². The van der Waals surface area contributed by atoms with Crippen LogP contribution in [0.1, 0.15) is 33.5 Å². The van der Waals surface area contributed by atoms with E-state index in [1.54, 1.807) is 30.2 Å². The third kappa shape index (κ3) is 4.48. The SMILES string of the molecule is CCOC(=O)c1cc(C(=O)C=CN(C)C)n(-c2cc(Cl)ccc2C)n1. The van der Waals surface area contributed by atoms with E-state index in [9.17, 15) is 9.59 Å². The van der Waals surface area contributed by atoms with Crippen molar-refractivity contribution in [2.75, 3.05) is 20.7 Å². The number of benzene rings is 1. The zero-order chi connectivity index (χ0) is 18.6. The number of hydrogen-bond donors (Lipinski definition) is 0. The zero-order valence-corrected chi connectivity index (χ0v) is 15.4. The molecule has 0 saturated carbocycles. The Balaban J connectivity index is 2.58. The Morgan fingerprint density at radius 3 is 2.68 bits per heavy atom. The molecular weight excluding hydrogens is 342 g/mol. The molecule has 2 rings (SSSR count). The number of aryl methyl sites for hydroxylation is 1. The van der Waals surface area contributed by atoms with Gasteiger partial charge in [0.1, 0.15) is 5.69 Å². The molecule has 7 heteroatoms. The lowest BCUT2D eigenvalue weighted by Crippen LogP contribution is -2.10. The largest absolute Gasteiger partial charge is 0.461 e. The monoisotopic (exact) mass is 361 g/mol.